The molecular formula is C19H20BrNO. The molecule has 0 unspecified atom stereocenters. The van der Waals surface area contributed by atoms with Crippen LogP contribution >= 0.6 is 15.9 Å². The first kappa shape index (κ1) is 16.7. The van der Waals surface area contributed by atoms with Crippen molar-refractivity contribution in [1.29, 1.82) is 5.26 Å². The lowest BCUT2D eigenvalue weighted by Crippen LogP contribution is -1.97. The first-order valence-electron chi connectivity index (χ1n) is 7.61. The number of benzene rings is 2. The first-order valence-corrected chi connectivity index (χ1v) is 8.40. The Morgan fingerprint density at radius 3 is 2.55 bits per heavy atom. The zero-order valence-electron chi connectivity index (χ0n) is 12.8. The van der Waals surface area contributed by atoms with Crippen LogP contribution in [-0.4, -0.2) is 13.2 Å². The fourth-order valence-corrected chi connectivity index (χ4v) is 2.71. The summed E-state index contributed by atoms with van der Waals surface area (Å²) >= 11 is 3.47. The van der Waals surface area contributed by atoms with E-state index >= 15 is 0 Å². The number of rotatable bonds is 7. The summed E-state index contributed by atoms with van der Waals surface area (Å²) in [6, 6.07) is 16.5. The Hall–Kier alpha value is -1.63. The predicted molar refractivity (Wildman–Crippen MR) is 93.7 cm³/mol. The van der Waals surface area contributed by atoms with Gasteiger partial charge in [0, 0.05) is 17.7 Å². The zero-order chi connectivity index (χ0) is 15.8. The minimum Gasteiger partial charge on any atom is -0.382 e. The number of ether oxygens (including phenoxy) is 1. The van der Waals surface area contributed by atoms with E-state index in [2.05, 4.69) is 40.2 Å². The van der Waals surface area contributed by atoms with E-state index in [9.17, 15) is 0 Å². The Labute approximate surface area is 140 Å². The standard InChI is InChI=1S/C19H20BrNO/c1-2-22-12-4-3-5-17-13-15(14-21)6-11-19(17)16-7-9-18(20)10-8-16/h6-11,13H,2-5,12H2,1H3. The molecule has 0 bridgehead atoms. The fourth-order valence-electron chi connectivity index (χ4n) is 2.45. The average molecular weight is 358 g/mol. The highest BCUT2D eigenvalue weighted by Gasteiger charge is 2.07. The molecule has 0 aromatic heterocycles. The molecule has 2 aromatic rings. The summed E-state index contributed by atoms with van der Waals surface area (Å²) in [6.07, 6.45) is 3.08. The summed E-state index contributed by atoms with van der Waals surface area (Å²) in [5.74, 6) is 0. The van der Waals surface area contributed by atoms with Crippen LogP contribution in [0.25, 0.3) is 11.1 Å². The third-order valence-electron chi connectivity index (χ3n) is 3.58. The molecule has 0 heterocycles. The molecule has 0 atom stereocenters. The lowest BCUT2D eigenvalue weighted by molar-refractivity contribution is 0.143. The van der Waals surface area contributed by atoms with Crippen molar-refractivity contribution in [3.05, 3.63) is 58.1 Å². The van der Waals surface area contributed by atoms with Gasteiger partial charge in [0.1, 0.15) is 0 Å². The van der Waals surface area contributed by atoms with Gasteiger partial charge >= 0.3 is 0 Å². The highest BCUT2D eigenvalue weighted by molar-refractivity contribution is 9.10. The van der Waals surface area contributed by atoms with Crippen LogP contribution in [0.5, 0.6) is 0 Å². The minimum absolute atomic E-state index is 0.723. The summed E-state index contributed by atoms with van der Waals surface area (Å²) in [4.78, 5) is 0. The van der Waals surface area contributed by atoms with Crippen LogP contribution in [0.15, 0.2) is 46.9 Å². The Balaban J connectivity index is 2.18. The van der Waals surface area contributed by atoms with Crippen LogP contribution < -0.4 is 0 Å². The summed E-state index contributed by atoms with van der Waals surface area (Å²) in [6.45, 7) is 3.60. The molecule has 0 radical (unpaired) electrons. The Morgan fingerprint density at radius 1 is 1.09 bits per heavy atom. The van der Waals surface area contributed by atoms with Gasteiger partial charge in [-0.25, -0.2) is 0 Å². The maximum absolute atomic E-state index is 9.13. The molecule has 0 saturated heterocycles. The number of nitriles is 1. The normalized spacial score (nSPS) is 10.4. The van der Waals surface area contributed by atoms with Gasteiger partial charge in [-0.3, -0.25) is 0 Å². The van der Waals surface area contributed by atoms with Gasteiger partial charge in [-0.05, 0) is 67.1 Å². The molecule has 0 aliphatic heterocycles. The zero-order valence-corrected chi connectivity index (χ0v) is 14.4. The number of unbranched alkanes of at least 4 members (excludes halogenated alkanes) is 1. The van der Waals surface area contributed by atoms with Crippen LogP contribution in [0.2, 0.25) is 0 Å². The summed E-state index contributed by atoms with van der Waals surface area (Å²) in [5, 5.41) is 9.13. The lowest BCUT2D eigenvalue weighted by atomic mass is 9.94. The van der Waals surface area contributed by atoms with Gasteiger partial charge in [0.2, 0.25) is 0 Å². The molecule has 0 N–H and O–H groups in total. The molecule has 3 heteroatoms. The van der Waals surface area contributed by atoms with Crippen LogP contribution in [-0.2, 0) is 11.2 Å². The summed E-state index contributed by atoms with van der Waals surface area (Å²) in [5.41, 5.74) is 4.36. The topological polar surface area (TPSA) is 33.0 Å². The molecule has 0 amide bonds. The van der Waals surface area contributed by atoms with Crippen molar-refractivity contribution < 1.29 is 4.74 Å². The van der Waals surface area contributed by atoms with Crippen molar-refractivity contribution in [3.8, 4) is 17.2 Å². The van der Waals surface area contributed by atoms with E-state index in [1.165, 1.54) is 16.7 Å². The van der Waals surface area contributed by atoms with Gasteiger partial charge in [0.25, 0.3) is 0 Å². The molecule has 2 rings (SSSR count). The number of halogens is 1. The maximum Gasteiger partial charge on any atom is 0.0991 e. The second-order valence-electron chi connectivity index (χ2n) is 5.14. The summed E-state index contributed by atoms with van der Waals surface area (Å²) < 4.78 is 6.46. The second-order valence-corrected chi connectivity index (χ2v) is 6.06. The number of hydrogen-bond acceptors (Lipinski definition) is 2. The van der Waals surface area contributed by atoms with E-state index < -0.39 is 0 Å². The first-order chi connectivity index (χ1) is 10.7. The lowest BCUT2D eigenvalue weighted by Gasteiger charge is -2.11. The molecule has 2 nitrogen and oxygen atoms in total. The molecule has 22 heavy (non-hydrogen) atoms. The van der Waals surface area contributed by atoms with E-state index in [1.54, 1.807) is 0 Å². The van der Waals surface area contributed by atoms with Gasteiger partial charge < -0.3 is 4.74 Å². The number of hydrogen-bond donors (Lipinski definition) is 0. The predicted octanol–water partition coefficient (Wildman–Crippen LogP) is 5.35. The van der Waals surface area contributed by atoms with Gasteiger partial charge in [0.15, 0.2) is 0 Å². The maximum atomic E-state index is 9.13. The third kappa shape index (κ3) is 4.69. The van der Waals surface area contributed by atoms with Crippen molar-refractivity contribution in [2.45, 2.75) is 26.2 Å². The quantitative estimate of drug-likeness (QED) is 0.626. The van der Waals surface area contributed by atoms with Gasteiger partial charge in [-0.1, -0.05) is 34.1 Å². The van der Waals surface area contributed by atoms with Crippen molar-refractivity contribution in [1.82, 2.24) is 0 Å². The number of aryl methyl sites for hydroxylation is 1. The molecular weight excluding hydrogens is 338 g/mol. The van der Waals surface area contributed by atoms with E-state index in [0.29, 0.717) is 0 Å². The van der Waals surface area contributed by atoms with Crippen molar-refractivity contribution in [2.75, 3.05) is 13.2 Å². The minimum atomic E-state index is 0.723. The molecule has 0 spiro atoms. The Bertz CT molecular complexity index is 643. The van der Waals surface area contributed by atoms with Crippen LogP contribution in [0, 0.1) is 11.3 Å². The van der Waals surface area contributed by atoms with E-state index in [-0.39, 0.29) is 0 Å². The van der Waals surface area contributed by atoms with Crippen molar-refractivity contribution >= 4 is 15.9 Å². The molecule has 0 aliphatic rings. The SMILES string of the molecule is CCOCCCCc1cc(C#N)ccc1-c1ccc(Br)cc1. The largest absolute Gasteiger partial charge is 0.382 e. The second kappa shape index (κ2) is 8.73. The molecule has 0 aliphatic carbocycles. The summed E-state index contributed by atoms with van der Waals surface area (Å²) in [7, 11) is 0. The van der Waals surface area contributed by atoms with Crippen LogP contribution in [0.4, 0.5) is 0 Å². The molecule has 0 fully saturated rings. The smallest absolute Gasteiger partial charge is 0.0991 e. The Kier molecular flexibility index (Phi) is 6.64. The van der Waals surface area contributed by atoms with Gasteiger partial charge in [-0.15, -0.1) is 0 Å². The molecule has 114 valence electrons. The van der Waals surface area contributed by atoms with Crippen LogP contribution in [0.3, 0.4) is 0 Å². The monoisotopic (exact) mass is 357 g/mol. The van der Waals surface area contributed by atoms with E-state index in [4.69, 9.17) is 10.00 Å². The Morgan fingerprint density at radius 2 is 1.86 bits per heavy atom. The van der Waals surface area contributed by atoms with E-state index in [0.717, 1.165) is 42.5 Å². The van der Waals surface area contributed by atoms with Gasteiger partial charge in [-0.2, -0.15) is 5.26 Å². The fraction of sp³-hybridized carbons (Fsp3) is 0.316. The average Bonchev–Trinajstić information content (AvgIpc) is 2.55. The van der Waals surface area contributed by atoms with Crippen molar-refractivity contribution in [3.63, 3.8) is 0 Å². The highest BCUT2D eigenvalue weighted by Crippen LogP contribution is 2.27. The molecule has 0 saturated carbocycles. The van der Waals surface area contributed by atoms with Crippen LogP contribution in [0.1, 0.15) is 30.9 Å². The van der Waals surface area contributed by atoms with Crippen molar-refractivity contribution in [2.24, 2.45) is 0 Å². The molecule has 2 aromatic carbocycles. The van der Waals surface area contributed by atoms with E-state index in [1.807, 2.05) is 31.2 Å². The van der Waals surface area contributed by atoms with Gasteiger partial charge in [0.05, 0.1) is 11.6 Å². The number of nitrogens with zero attached hydrogens (tertiary/aromatic N) is 1. The third-order valence-corrected chi connectivity index (χ3v) is 4.11. The highest BCUT2D eigenvalue weighted by atomic mass is 79.9.